The summed E-state index contributed by atoms with van der Waals surface area (Å²) in [5.74, 6) is 1.44. The van der Waals surface area contributed by atoms with Gasteiger partial charge in [0.15, 0.2) is 5.11 Å². The van der Waals surface area contributed by atoms with Crippen molar-refractivity contribution in [1.82, 2.24) is 10.7 Å². The van der Waals surface area contributed by atoms with Crippen molar-refractivity contribution in [2.45, 2.75) is 6.54 Å². The van der Waals surface area contributed by atoms with Crippen LogP contribution in [0, 0.1) is 0 Å². The van der Waals surface area contributed by atoms with Crippen molar-refractivity contribution in [3.63, 3.8) is 0 Å². The first kappa shape index (κ1) is 16.8. The summed E-state index contributed by atoms with van der Waals surface area (Å²) in [7, 11) is 3.22. The molecule has 0 fully saturated rings. The van der Waals surface area contributed by atoms with Crippen LogP contribution >= 0.6 is 12.2 Å². The molecule has 2 aromatic carbocycles. The van der Waals surface area contributed by atoms with Crippen molar-refractivity contribution in [3.8, 4) is 11.5 Å². The lowest BCUT2D eigenvalue weighted by molar-refractivity contribution is 0.402. The number of methoxy groups -OCH3 is 2. The second-order valence-corrected chi connectivity index (χ2v) is 5.05. The van der Waals surface area contributed by atoms with E-state index in [0.29, 0.717) is 17.4 Å². The fourth-order valence-corrected chi connectivity index (χ4v) is 2.04. The molecule has 0 aliphatic rings. The Bertz CT molecular complexity index is 675. The topological polar surface area (TPSA) is 54.9 Å². The maximum absolute atomic E-state index is 5.28. The van der Waals surface area contributed by atoms with Crippen LogP contribution in [0.5, 0.6) is 11.5 Å². The molecule has 2 rings (SSSR count). The lowest BCUT2D eigenvalue weighted by Crippen LogP contribution is -2.31. The van der Waals surface area contributed by atoms with Crippen molar-refractivity contribution in [3.05, 3.63) is 59.7 Å². The molecule has 0 amide bonds. The van der Waals surface area contributed by atoms with Crippen molar-refractivity contribution < 1.29 is 9.47 Å². The van der Waals surface area contributed by atoms with Gasteiger partial charge in [-0.25, -0.2) is 0 Å². The highest BCUT2D eigenvalue weighted by Crippen LogP contribution is 2.22. The van der Waals surface area contributed by atoms with E-state index in [-0.39, 0.29) is 0 Å². The fraction of sp³-hybridized carbons (Fsp3) is 0.176. The molecule has 0 aliphatic heterocycles. The van der Waals surface area contributed by atoms with E-state index < -0.39 is 0 Å². The Hall–Kier alpha value is -2.60. The zero-order valence-electron chi connectivity index (χ0n) is 13.1. The molecule has 0 radical (unpaired) electrons. The molecule has 23 heavy (non-hydrogen) atoms. The van der Waals surface area contributed by atoms with E-state index in [9.17, 15) is 0 Å². The smallest absolute Gasteiger partial charge is 0.187 e. The number of ether oxygens (including phenoxy) is 2. The Kier molecular flexibility index (Phi) is 6.38. The second-order valence-electron chi connectivity index (χ2n) is 4.65. The van der Waals surface area contributed by atoms with Crippen molar-refractivity contribution in [1.29, 1.82) is 0 Å². The van der Waals surface area contributed by atoms with E-state index in [1.54, 1.807) is 20.4 Å². The molecule has 2 N–H and O–H groups in total. The Morgan fingerprint density at radius 2 is 1.91 bits per heavy atom. The number of nitrogens with zero attached hydrogens (tertiary/aromatic N) is 1. The molecular formula is C17H19N3O2S. The van der Waals surface area contributed by atoms with Gasteiger partial charge in [-0.15, -0.1) is 0 Å². The summed E-state index contributed by atoms with van der Waals surface area (Å²) in [6.45, 7) is 0.644. The molecule has 0 saturated carbocycles. The van der Waals surface area contributed by atoms with Crippen LogP contribution in [0.25, 0.3) is 0 Å². The van der Waals surface area contributed by atoms with E-state index in [2.05, 4.69) is 15.8 Å². The average Bonchev–Trinajstić information content (AvgIpc) is 2.60. The van der Waals surface area contributed by atoms with Crippen molar-refractivity contribution in [2.75, 3.05) is 14.2 Å². The van der Waals surface area contributed by atoms with Gasteiger partial charge in [-0.3, -0.25) is 5.43 Å². The summed E-state index contributed by atoms with van der Waals surface area (Å²) in [5, 5.41) is 7.66. The molecule has 5 nitrogen and oxygen atoms in total. The van der Waals surface area contributed by atoms with Gasteiger partial charge in [0.2, 0.25) is 0 Å². The first-order chi connectivity index (χ1) is 11.2. The van der Waals surface area contributed by atoms with Crippen LogP contribution in [0.15, 0.2) is 53.6 Å². The van der Waals surface area contributed by atoms with Crippen LogP contribution in [0.3, 0.4) is 0 Å². The lowest BCUT2D eigenvalue weighted by Gasteiger charge is -2.08. The minimum absolute atomic E-state index is 0.451. The maximum Gasteiger partial charge on any atom is 0.187 e. The summed E-state index contributed by atoms with van der Waals surface area (Å²) < 4.78 is 10.5. The zero-order chi connectivity index (χ0) is 16.5. The van der Waals surface area contributed by atoms with Gasteiger partial charge in [-0.1, -0.05) is 30.3 Å². The molecule has 0 aliphatic carbocycles. The maximum atomic E-state index is 5.28. The predicted octanol–water partition coefficient (Wildman–Crippen LogP) is 2.70. The Balaban J connectivity index is 1.89. The van der Waals surface area contributed by atoms with Gasteiger partial charge in [0.05, 0.1) is 20.4 Å². The first-order valence-corrected chi connectivity index (χ1v) is 7.46. The summed E-state index contributed by atoms with van der Waals surface area (Å²) >= 11 is 5.19. The van der Waals surface area contributed by atoms with Gasteiger partial charge in [0.25, 0.3) is 0 Å². The monoisotopic (exact) mass is 329 g/mol. The molecule has 0 atom stereocenters. The van der Waals surface area contributed by atoms with E-state index in [0.717, 1.165) is 16.9 Å². The summed E-state index contributed by atoms with van der Waals surface area (Å²) in [4.78, 5) is 0. The number of thiocarbonyl (C=S) groups is 1. The molecule has 0 bridgehead atoms. The van der Waals surface area contributed by atoms with Crippen LogP contribution in [0.2, 0.25) is 0 Å². The predicted molar refractivity (Wildman–Crippen MR) is 96.2 cm³/mol. The van der Waals surface area contributed by atoms with Gasteiger partial charge in [0.1, 0.15) is 11.5 Å². The van der Waals surface area contributed by atoms with Crippen molar-refractivity contribution >= 4 is 23.5 Å². The standard InChI is InChI=1S/C17H19N3O2S/c1-21-15-8-9-16(22-2)14(10-15)12-19-20-17(23)18-11-13-6-4-3-5-7-13/h3-10,12H,11H2,1-2H3,(H2,18,20,23)/b19-12-. The van der Waals surface area contributed by atoms with Crippen LogP contribution in [0.4, 0.5) is 0 Å². The third-order valence-corrected chi connectivity index (χ3v) is 3.34. The molecule has 6 heteroatoms. The number of hydrogen-bond donors (Lipinski definition) is 2. The van der Waals surface area contributed by atoms with E-state index in [4.69, 9.17) is 21.7 Å². The number of hydrogen-bond acceptors (Lipinski definition) is 4. The molecular weight excluding hydrogens is 310 g/mol. The number of benzene rings is 2. The first-order valence-electron chi connectivity index (χ1n) is 7.06. The normalized spacial score (nSPS) is 10.3. The average molecular weight is 329 g/mol. The summed E-state index contributed by atoms with van der Waals surface area (Å²) in [5.41, 5.74) is 4.73. The van der Waals surface area contributed by atoms with Crippen LogP contribution in [-0.2, 0) is 6.54 Å². The van der Waals surface area contributed by atoms with E-state index in [1.807, 2.05) is 48.5 Å². The molecule has 0 unspecified atom stereocenters. The number of rotatable bonds is 6. The van der Waals surface area contributed by atoms with Gasteiger partial charge < -0.3 is 14.8 Å². The highest BCUT2D eigenvalue weighted by molar-refractivity contribution is 7.80. The summed E-state index contributed by atoms with van der Waals surface area (Å²) in [6, 6.07) is 15.5. The molecule has 0 saturated heterocycles. The minimum Gasteiger partial charge on any atom is -0.497 e. The van der Waals surface area contributed by atoms with E-state index in [1.165, 1.54) is 0 Å². The SMILES string of the molecule is COc1ccc(OC)c(/C=N\NC(=S)NCc2ccccc2)c1. The number of nitrogens with one attached hydrogen (secondary N) is 2. The largest absolute Gasteiger partial charge is 0.497 e. The minimum atomic E-state index is 0.451. The third-order valence-electron chi connectivity index (χ3n) is 3.10. The molecule has 120 valence electrons. The number of hydrazone groups is 1. The van der Waals surface area contributed by atoms with Crippen LogP contribution < -0.4 is 20.2 Å². The van der Waals surface area contributed by atoms with E-state index >= 15 is 0 Å². The fourth-order valence-electron chi connectivity index (χ4n) is 1.92. The van der Waals surface area contributed by atoms with Gasteiger partial charge in [0, 0.05) is 12.1 Å². The van der Waals surface area contributed by atoms with Crippen molar-refractivity contribution in [2.24, 2.45) is 5.10 Å². The third kappa shape index (κ3) is 5.27. The van der Waals surface area contributed by atoms with Crippen LogP contribution in [0.1, 0.15) is 11.1 Å². The molecule has 0 aromatic heterocycles. The Morgan fingerprint density at radius 3 is 2.61 bits per heavy atom. The second kappa shape index (κ2) is 8.75. The molecule has 2 aromatic rings. The van der Waals surface area contributed by atoms with Gasteiger partial charge in [-0.05, 0) is 36.0 Å². The zero-order valence-corrected chi connectivity index (χ0v) is 13.9. The summed E-state index contributed by atoms with van der Waals surface area (Å²) in [6.07, 6.45) is 1.64. The highest BCUT2D eigenvalue weighted by atomic mass is 32.1. The quantitative estimate of drug-likeness (QED) is 0.485. The highest BCUT2D eigenvalue weighted by Gasteiger charge is 2.02. The lowest BCUT2D eigenvalue weighted by atomic mass is 10.2. The molecule has 0 heterocycles. The Morgan fingerprint density at radius 1 is 1.13 bits per heavy atom. The Labute approximate surface area is 141 Å². The molecule has 0 spiro atoms. The van der Waals surface area contributed by atoms with Gasteiger partial charge >= 0.3 is 0 Å². The van der Waals surface area contributed by atoms with Crippen LogP contribution in [-0.4, -0.2) is 25.5 Å². The van der Waals surface area contributed by atoms with Gasteiger partial charge in [-0.2, -0.15) is 5.10 Å².